The van der Waals surface area contributed by atoms with Gasteiger partial charge in [0.05, 0.1) is 21.8 Å². The molecule has 16 aromatic rings. The molecule has 0 saturated heterocycles. The Morgan fingerprint density at radius 2 is 0.767 bits per heavy atom. The second kappa shape index (κ2) is 20.3. The molecular weight excluding hydrogens is 1100 g/mol. The number of hydrogen-bond donors (Lipinski definition) is 0. The fourth-order valence-corrected chi connectivity index (χ4v) is 14.8. The van der Waals surface area contributed by atoms with Crippen LogP contribution in [0.2, 0.25) is 0 Å². The first-order chi connectivity index (χ1) is 44.1. The largest absolute Gasteiger partial charge is 0.455 e. The van der Waals surface area contributed by atoms with Gasteiger partial charge in [0.2, 0.25) is 0 Å². The average Bonchev–Trinajstić information content (AvgIpc) is 1.50. The summed E-state index contributed by atoms with van der Waals surface area (Å²) in [5, 5.41) is 2.52. The van der Waals surface area contributed by atoms with E-state index in [-0.39, 0.29) is 11.0 Å². The van der Waals surface area contributed by atoms with Gasteiger partial charge in [0.25, 0.3) is 11.1 Å². The Bertz CT molecular complexity index is 5470. The van der Waals surface area contributed by atoms with E-state index < -0.39 is 11.0 Å². The van der Waals surface area contributed by atoms with Crippen LogP contribution in [-0.4, -0.2) is 9.03 Å². The summed E-state index contributed by atoms with van der Waals surface area (Å²) < 4.78 is 10.6. The van der Waals surface area contributed by atoms with Gasteiger partial charge in [-0.3, -0.25) is 9.59 Å². The summed E-state index contributed by atoms with van der Waals surface area (Å²) in [6.45, 7) is 6.76. The average molecular weight is 1160 g/mol. The van der Waals surface area contributed by atoms with Crippen molar-refractivity contribution in [3.05, 3.63) is 346 Å². The fraction of sp³-hybridized carbons (Fsp3) is 0.0588. The molecule has 0 saturated carbocycles. The highest BCUT2D eigenvalue weighted by Crippen LogP contribution is 2.61. The van der Waals surface area contributed by atoms with Crippen LogP contribution >= 0.6 is 0 Å². The first-order valence-corrected chi connectivity index (χ1v) is 30.9. The number of aromatic nitrogens is 2. The summed E-state index contributed by atoms with van der Waals surface area (Å²) in [4.78, 5) is 32.6. The van der Waals surface area contributed by atoms with Gasteiger partial charge in [-0.15, -0.1) is 0 Å². The molecular formula is C85H58N2O3. The predicted molar refractivity (Wildman–Crippen MR) is 371 cm³/mol. The van der Waals surface area contributed by atoms with Crippen LogP contribution in [-0.2, 0) is 10.8 Å². The molecule has 0 spiro atoms. The molecule has 3 aromatic heterocycles. The molecule has 0 bridgehead atoms. The standard InChI is InChI=1S/C85H58N2O3/c1-84(2,3)64-46-48-67-71(50-64)85(62-31-18-8-19-32-62,63-33-20-9-21-34-63)80-76(67)69(57-27-14-6-15-28-57)51-72-78(80)82(88)87-83(89)79-73(86(72)87)52-70(58-29-16-7-17-30-58)77-68-47-45-61(49-74(68)90-81(77)79)75-65(59-41-37-55(38-42-59)53-23-10-4-11-24-53)35-22-36-66(75)60-43-39-56(40-44-60)54-25-12-5-13-26-54/h4-52H,1-3H3. The monoisotopic (exact) mass is 1150 g/mol. The van der Waals surface area contributed by atoms with Crippen molar-refractivity contribution < 1.29 is 4.42 Å². The third-order valence-electron chi connectivity index (χ3n) is 19.0. The molecule has 0 amide bonds. The molecule has 13 aromatic carbocycles. The van der Waals surface area contributed by atoms with Gasteiger partial charge in [-0.05, 0) is 147 Å². The Morgan fingerprint density at radius 1 is 0.333 bits per heavy atom. The second-order valence-electron chi connectivity index (χ2n) is 25.0. The Balaban J connectivity index is 0.948. The van der Waals surface area contributed by atoms with Gasteiger partial charge in [0, 0.05) is 10.8 Å². The van der Waals surface area contributed by atoms with E-state index in [9.17, 15) is 0 Å². The Kier molecular flexibility index (Phi) is 12.0. The molecule has 5 nitrogen and oxygen atoms in total. The Labute approximate surface area is 520 Å². The zero-order valence-corrected chi connectivity index (χ0v) is 49.9. The Hall–Kier alpha value is -11.4. The maximum atomic E-state index is 16.5. The van der Waals surface area contributed by atoms with E-state index in [4.69, 9.17) is 4.42 Å². The molecule has 1 aliphatic rings. The van der Waals surface area contributed by atoms with Crippen molar-refractivity contribution in [2.45, 2.75) is 31.6 Å². The van der Waals surface area contributed by atoms with Crippen LogP contribution in [0.15, 0.2) is 311 Å². The summed E-state index contributed by atoms with van der Waals surface area (Å²) in [6, 6.07) is 105. The van der Waals surface area contributed by atoms with E-state index in [1.807, 2.05) is 40.9 Å². The molecule has 5 heteroatoms. The summed E-state index contributed by atoms with van der Waals surface area (Å²) in [7, 11) is 0. The van der Waals surface area contributed by atoms with Crippen LogP contribution in [0.3, 0.4) is 0 Å². The zero-order chi connectivity index (χ0) is 60.4. The van der Waals surface area contributed by atoms with Gasteiger partial charge in [-0.2, -0.15) is 4.52 Å². The van der Waals surface area contributed by atoms with Gasteiger partial charge in [0.15, 0.2) is 5.58 Å². The third-order valence-corrected chi connectivity index (χ3v) is 19.0. The number of fused-ring (bicyclic) bond motifs is 13. The quantitative estimate of drug-likeness (QED) is 0.145. The molecule has 0 unspecified atom stereocenters. The van der Waals surface area contributed by atoms with Crippen LogP contribution in [0.4, 0.5) is 0 Å². The maximum Gasteiger partial charge on any atom is 0.286 e. The van der Waals surface area contributed by atoms with Crippen molar-refractivity contribution in [2.75, 3.05) is 0 Å². The molecule has 17 rings (SSSR count). The smallest absolute Gasteiger partial charge is 0.286 e. The summed E-state index contributed by atoms with van der Waals surface area (Å²) in [5.74, 6) is 0. The molecule has 0 radical (unpaired) electrons. The van der Waals surface area contributed by atoms with Crippen molar-refractivity contribution in [1.29, 1.82) is 0 Å². The number of nitrogens with zero attached hydrogens (tertiary/aromatic N) is 2. The number of furan rings is 1. The predicted octanol–water partition coefficient (Wildman–Crippen LogP) is 20.7. The maximum absolute atomic E-state index is 16.5. The summed E-state index contributed by atoms with van der Waals surface area (Å²) in [5.41, 5.74) is 22.3. The van der Waals surface area contributed by atoms with Crippen LogP contribution in [0.25, 0.3) is 133 Å². The molecule has 1 aliphatic carbocycles. The van der Waals surface area contributed by atoms with E-state index in [0.29, 0.717) is 33.0 Å². The highest BCUT2D eigenvalue weighted by molar-refractivity contribution is 6.22. The minimum absolute atomic E-state index is 0.188. The number of benzene rings is 13. The fourth-order valence-electron chi connectivity index (χ4n) is 14.8. The Morgan fingerprint density at radius 3 is 1.30 bits per heavy atom. The minimum atomic E-state index is -0.975. The first kappa shape index (κ1) is 52.9. The normalized spacial score (nSPS) is 12.8. The molecule has 90 heavy (non-hydrogen) atoms. The number of rotatable bonds is 9. The SMILES string of the molecule is CC(C)(C)c1ccc2c(c1)C(c1ccccc1)(c1ccccc1)c1c-2c(-c2ccccc2)cc2c1c(=O)n1c(=O)c3c4oc5cc(-c6c(-c7ccc(-c8ccccc8)cc7)cccc6-c6ccc(-c7ccccc7)cc6)ccc5c4c(-c4ccccc4)cc3n21. The van der Waals surface area contributed by atoms with Crippen molar-refractivity contribution in [3.63, 3.8) is 0 Å². The van der Waals surface area contributed by atoms with Crippen molar-refractivity contribution in [1.82, 2.24) is 9.03 Å². The van der Waals surface area contributed by atoms with E-state index in [2.05, 4.69) is 282 Å². The molecule has 0 aliphatic heterocycles. The molecule has 0 N–H and O–H groups in total. The lowest BCUT2D eigenvalue weighted by molar-refractivity contribution is 0.588. The third kappa shape index (κ3) is 7.95. The summed E-state index contributed by atoms with van der Waals surface area (Å²) >= 11 is 0. The molecule has 0 atom stereocenters. The van der Waals surface area contributed by atoms with Crippen molar-refractivity contribution >= 4 is 43.7 Å². The van der Waals surface area contributed by atoms with E-state index in [0.717, 1.165) is 122 Å². The highest BCUT2D eigenvalue weighted by atomic mass is 16.3. The van der Waals surface area contributed by atoms with Crippen LogP contribution in [0, 0.1) is 0 Å². The van der Waals surface area contributed by atoms with Crippen molar-refractivity contribution in [3.8, 4) is 89.0 Å². The van der Waals surface area contributed by atoms with Crippen molar-refractivity contribution in [2.24, 2.45) is 0 Å². The lowest BCUT2D eigenvalue weighted by Gasteiger charge is -2.35. The zero-order valence-electron chi connectivity index (χ0n) is 49.9. The van der Waals surface area contributed by atoms with Crippen LogP contribution in [0.5, 0.6) is 0 Å². The van der Waals surface area contributed by atoms with Gasteiger partial charge >= 0.3 is 0 Å². The highest BCUT2D eigenvalue weighted by Gasteiger charge is 2.50. The van der Waals surface area contributed by atoms with Gasteiger partial charge in [0.1, 0.15) is 11.0 Å². The number of hydrogen-bond acceptors (Lipinski definition) is 3. The second-order valence-corrected chi connectivity index (χ2v) is 25.0. The van der Waals surface area contributed by atoms with Crippen LogP contribution < -0.4 is 11.1 Å². The van der Waals surface area contributed by atoms with E-state index >= 15 is 9.59 Å². The van der Waals surface area contributed by atoms with Gasteiger partial charge in [-0.25, -0.2) is 4.52 Å². The van der Waals surface area contributed by atoms with E-state index in [1.54, 1.807) is 0 Å². The lowest BCUT2D eigenvalue weighted by atomic mass is 9.66. The molecule has 426 valence electrons. The van der Waals surface area contributed by atoms with Gasteiger partial charge < -0.3 is 4.42 Å². The topological polar surface area (TPSA) is 56.1 Å². The van der Waals surface area contributed by atoms with Gasteiger partial charge in [-0.1, -0.05) is 294 Å². The summed E-state index contributed by atoms with van der Waals surface area (Å²) in [6.07, 6.45) is 0. The lowest BCUT2D eigenvalue weighted by Crippen LogP contribution is -2.31. The molecule has 3 heterocycles. The minimum Gasteiger partial charge on any atom is -0.455 e. The molecule has 0 fully saturated rings. The first-order valence-electron chi connectivity index (χ1n) is 30.9. The van der Waals surface area contributed by atoms with Crippen LogP contribution in [0.1, 0.15) is 48.6 Å². The van der Waals surface area contributed by atoms with E-state index in [1.165, 1.54) is 10.1 Å².